The van der Waals surface area contributed by atoms with Crippen molar-refractivity contribution in [2.45, 2.75) is 6.92 Å². The second kappa shape index (κ2) is 22.1. The summed E-state index contributed by atoms with van der Waals surface area (Å²) in [6.45, 7) is 1.83. The van der Waals surface area contributed by atoms with Gasteiger partial charge in [0.05, 0.1) is 6.61 Å². The van der Waals surface area contributed by atoms with E-state index in [0.29, 0.717) is 34.3 Å². The highest BCUT2D eigenvalue weighted by atomic mass is 31.2. The standard InChI is InChI=1S/C56H44O6P2/c1-3-23-49(42-57-63(58-50-34-21-32-47(40-50)43-24-9-5-10-25-43)61-55-38-19-17-36-52(55)45-28-13-7-14-29-45)54(4-2)60-64(59-51-35-22-33-48(41-51)44-26-11-6-12-27-44)62-56-39-20-18-37-53(56)46-30-15-8-16-31-46/h1,4-41H,42H2,2H3/b49-23-,54-4+. The van der Waals surface area contributed by atoms with Gasteiger partial charge in [-0.05, 0) is 88.9 Å². The smallest absolute Gasteiger partial charge is 0.418 e. The maximum atomic E-state index is 6.73. The highest BCUT2D eigenvalue weighted by Gasteiger charge is 2.27. The summed E-state index contributed by atoms with van der Waals surface area (Å²) in [4.78, 5) is 0. The zero-order chi connectivity index (χ0) is 43.8. The fraction of sp³-hybridized carbons (Fsp3) is 0.0357. The Morgan fingerprint density at radius 2 is 0.859 bits per heavy atom. The van der Waals surface area contributed by atoms with Crippen LogP contribution in [0.25, 0.3) is 44.5 Å². The van der Waals surface area contributed by atoms with Crippen LogP contribution in [0.3, 0.4) is 0 Å². The number of rotatable bonds is 18. The molecule has 0 aliphatic heterocycles. The molecule has 2 unspecified atom stereocenters. The minimum Gasteiger partial charge on any atom is -0.418 e. The van der Waals surface area contributed by atoms with E-state index in [-0.39, 0.29) is 6.61 Å². The fourth-order valence-corrected chi connectivity index (χ4v) is 8.87. The Hall–Kier alpha value is -7.38. The lowest BCUT2D eigenvalue weighted by Crippen LogP contribution is -2.08. The Labute approximate surface area is 378 Å². The van der Waals surface area contributed by atoms with E-state index in [2.05, 4.69) is 30.2 Å². The van der Waals surface area contributed by atoms with E-state index in [1.165, 1.54) is 0 Å². The number of terminal acetylenes is 1. The van der Waals surface area contributed by atoms with Crippen molar-refractivity contribution in [2.24, 2.45) is 0 Å². The van der Waals surface area contributed by atoms with Crippen LogP contribution in [0.2, 0.25) is 0 Å². The van der Waals surface area contributed by atoms with E-state index in [0.717, 1.165) is 44.5 Å². The number of hydrogen-bond donors (Lipinski definition) is 0. The van der Waals surface area contributed by atoms with Crippen LogP contribution in [-0.2, 0) is 9.05 Å². The summed E-state index contributed by atoms with van der Waals surface area (Å²) in [7, 11) is -4.22. The molecule has 0 radical (unpaired) electrons. The summed E-state index contributed by atoms with van der Waals surface area (Å²) in [5.74, 6) is 5.43. The third-order valence-corrected chi connectivity index (χ3v) is 12.0. The van der Waals surface area contributed by atoms with Crippen LogP contribution in [0.1, 0.15) is 6.92 Å². The molecule has 0 amide bonds. The maximum Gasteiger partial charge on any atom is 0.530 e. The molecular formula is C56H44O6P2. The lowest BCUT2D eigenvalue weighted by Gasteiger charge is -2.23. The van der Waals surface area contributed by atoms with Gasteiger partial charge in [0.1, 0.15) is 28.8 Å². The third kappa shape index (κ3) is 11.5. The molecule has 0 N–H and O–H groups in total. The monoisotopic (exact) mass is 874 g/mol. The Kier molecular flexibility index (Phi) is 15.0. The highest BCUT2D eigenvalue weighted by molar-refractivity contribution is 7.43. The van der Waals surface area contributed by atoms with E-state index >= 15 is 0 Å². The second-order valence-electron chi connectivity index (χ2n) is 14.2. The van der Waals surface area contributed by atoms with Crippen molar-refractivity contribution >= 4 is 17.2 Å². The minimum absolute atomic E-state index is 0.0330. The molecule has 2 atom stereocenters. The molecule has 0 aromatic heterocycles. The number of hydrogen-bond acceptors (Lipinski definition) is 6. The summed E-state index contributed by atoms with van der Waals surface area (Å²) in [5, 5.41) is 0. The Morgan fingerprint density at radius 1 is 0.453 bits per heavy atom. The van der Waals surface area contributed by atoms with E-state index in [1.54, 1.807) is 6.08 Å². The van der Waals surface area contributed by atoms with Crippen molar-refractivity contribution < 1.29 is 27.1 Å². The molecule has 8 heteroatoms. The van der Waals surface area contributed by atoms with Gasteiger partial charge in [-0.2, -0.15) is 0 Å². The number of para-hydroxylation sites is 2. The second-order valence-corrected chi connectivity index (χ2v) is 16.2. The van der Waals surface area contributed by atoms with Crippen molar-refractivity contribution in [1.82, 2.24) is 0 Å². The summed E-state index contributed by atoms with van der Waals surface area (Å²) < 4.78 is 39.9. The average molecular weight is 875 g/mol. The van der Waals surface area contributed by atoms with Crippen molar-refractivity contribution in [1.29, 1.82) is 0 Å². The fourth-order valence-electron chi connectivity index (χ4n) is 6.77. The van der Waals surface area contributed by atoms with Crippen LogP contribution in [0, 0.1) is 12.3 Å². The third-order valence-electron chi connectivity index (χ3n) is 9.87. The van der Waals surface area contributed by atoms with E-state index < -0.39 is 17.2 Å². The lowest BCUT2D eigenvalue weighted by atomic mass is 10.1. The largest absolute Gasteiger partial charge is 0.530 e. The molecule has 314 valence electrons. The van der Waals surface area contributed by atoms with Crippen LogP contribution in [0.15, 0.2) is 242 Å². The van der Waals surface area contributed by atoms with Crippen molar-refractivity contribution in [3.63, 3.8) is 0 Å². The zero-order valence-electron chi connectivity index (χ0n) is 35.1. The molecule has 0 aliphatic rings. The maximum absolute atomic E-state index is 6.73. The van der Waals surface area contributed by atoms with Crippen LogP contribution < -0.4 is 18.1 Å². The van der Waals surface area contributed by atoms with Gasteiger partial charge in [0.25, 0.3) is 0 Å². The molecule has 0 spiro atoms. The van der Waals surface area contributed by atoms with Gasteiger partial charge in [-0.3, -0.25) is 4.52 Å². The molecule has 8 aromatic rings. The van der Waals surface area contributed by atoms with Gasteiger partial charge in [-0.25, -0.2) is 0 Å². The van der Waals surface area contributed by atoms with Crippen LogP contribution in [0.4, 0.5) is 0 Å². The first-order chi connectivity index (χ1) is 31.6. The molecule has 0 fully saturated rings. The lowest BCUT2D eigenvalue weighted by molar-refractivity contribution is 0.278. The van der Waals surface area contributed by atoms with Gasteiger partial charge in [0.2, 0.25) is 0 Å². The molecule has 6 nitrogen and oxygen atoms in total. The normalized spacial score (nSPS) is 12.3. The van der Waals surface area contributed by atoms with Crippen molar-refractivity contribution in [3.05, 3.63) is 242 Å². The van der Waals surface area contributed by atoms with Gasteiger partial charge in [-0.15, -0.1) is 6.42 Å². The zero-order valence-corrected chi connectivity index (χ0v) is 36.9. The summed E-state index contributed by atoms with van der Waals surface area (Å²) in [6.07, 6.45) is 9.41. The Balaban J connectivity index is 1.09. The molecule has 8 rings (SSSR count). The minimum atomic E-state index is -2.14. The van der Waals surface area contributed by atoms with E-state index in [4.69, 9.17) is 33.6 Å². The molecule has 64 heavy (non-hydrogen) atoms. The SMILES string of the molecule is C#C/C=C(COP(Oc1cccc(-c2ccccc2)c1)Oc1ccccc1-c1ccccc1)\C(=C/C)OP(Oc1cccc(-c2ccccc2)c1)Oc1ccccc1-c1ccccc1. The van der Waals surface area contributed by atoms with Gasteiger partial charge in [0.15, 0.2) is 0 Å². The molecule has 8 aromatic carbocycles. The van der Waals surface area contributed by atoms with Crippen LogP contribution >= 0.6 is 17.2 Å². The number of allylic oxidation sites excluding steroid dienone is 2. The summed E-state index contributed by atoms with van der Waals surface area (Å²) in [6, 6.07) is 71.7. The molecule has 0 heterocycles. The van der Waals surface area contributed by atoms with Crippen LogP contribution in [-0.4, -0.2) is 6.61 Å². The van der Waals surface area contributed by atoms with E-state index in [1.807, 2.05) is 207 Å². The van der Waals surface area contributed by atoms with Crippen LogP contribution in [0.5, 0.6) is 23.0 Å². The highest BCUT2D eigenvalue weighted by Crippen LogP contribution is 2.49. The van der Waals surface area contributed by atoms with Crippen molar-refractivity contribution in [2.75, 3.05) is 6.61 Å². The first-order valence-electron chi connectivity index (χ1n) is 20.7. The van der Waals surface area contributed by atoms with Gasteiger partial charge in [-0.1, -0.05) is 188 Å². The van der Waals surface area contributed by atoms with E-state index in [9.17, 15) is 0 Å². The predicted octanol–water partition coefficient (Wildman–Crippen LogP) is 15.9. The van der Waals surface area contributed by atoms with Gasteiger partial charge < -0.3 is 22.6 Å². The Bertz CT molecular complexity index is 2840. The molecular weight excluding hydrogens is 831 g/mol. The molecule has 0 saturated carbocycles. The Morgan fingerprint density at radius 3 is 1.33 bits per heavy atom. The predicted molar refractivity (Wildman–Crippen MR) is 262 cm³/mol. The molecule has 0 saturated heterocycles. The summed E-state index contributed by atoms with van der Waals surface area (Å²) >= 11 is 0. The quantitative estimate of drug-likeness (QED) is 0.0370. The van der Waals surface area contributed by atoms with Gasteiger partial charge in [0, 0.05) is 16.7 Å². The molecule has 0 aliphatic carbocycles. The molecule has 0 bridgehead atoms. The summed E-state index contributed by atoms with van der Waals surface area (Å²) in [5.41, 5.74) is 8.40. The first-order valence-corrected chi connectivity index (χ1v) is 22.9. The number of benzene rings is 8. The average Bonchev–Trinajstić information content (AvgIpc) is 3.36. The first kappa shape index (κ1) is 43.3. The van der Waals surface area contributed by atoms with Gasteiger partial charge >= 0.3 is 17.2 Å². The van der Waals surface area contributed by atoms with Crippen molar-refractivity contribution in [3.8, 4) is 79.8 Å². The topological polar surface area (TPSA) is 55.4 Å².